The molecule has 0 unspecified atom stereocenters. The zero-order valence-corrected chi connectivity index (χ0v) is 13.9. The van der Waals surface area contributed by atoms with Gasteiger partial charge in [0.15, 0.2) is 0 Å². The van der Waals surface area contributed by atoms with Crippen molar-refractivity contribution in [2.24, 2.45) is 0 Å². The van der Waals surface area contributed by atoms with E-state index in [4.69, 9.17) is 0 Å². The lowest BCUT2D eigenvalue weighted by Gasteiger charge is -2.25. The second-order valence-electron chi connectivity index (χ2n) is 6.38. The molecule has 126 valence electrons. The number of aryl methyl sites for hydroxylation is 1. The van der Waals surface area contributed by atoms with Crippen molar-refractivity contribution in [3.8, 4) is 0 Å². The van der Waals surface area contributed by atoms with E-state index in [0.717, 1.165) is 37.5 Å². The van der Waals surface area contributed by atoms with Crippen molar-refractivity contribution in [2.45, 2.75) is 31.8 Å². The molecule has 0 saturated carbocycles. The van der Waals surface area contributed by atoms with E-state index in [2.05, 4.69) is 32.2 Å². The summed E-state index contributed by atoms with van der Waals surface area (Å²) in [5.74, 6) is 1.95. The van der Waals surface area contributed by atoms with Gasteiger partial charge in [-0.1, -0.05) is 48.5 Å². The molecule has 0 saturated heterocycles. The van der Waals surface area contributed by atoms with Crippen LogP contribution in [-0.4, -0.2) is 26.7 Å². The molecule has 0 bridgehead atoms. The van der Waals surface area contributed by atoms with Crippen molar-refractivity contribution in [3.63, 3.8) is 0 Å². The highest BCUT2D eigenvalue weighted by molar-refractivity contribution is 5.94. The number of carbonyl (C=O) groups is 1. The molecule has 4 rings (SSSR count). The number of carbonyl (C=O) groups excluding carboxylic acids is 1. The minimum Gasteiger partial charge on any atom is -0.347 e. The molecule has 3 aromatic rings. The van der Waals surface area contributed by atoms with Crippen molar-refractivity contribution < 1.29 is 4.79 Å². The van der Waals surface area contributed by atoms with Crippen LogP contribution in [0.2, 0.25) is 0 Å². The molecule has 1 aromatic heterocycles. The number of aromatic nitrogens is 3. The summed E-state index contributed by atoms with van der Waals surface area (Å²) in [6.07, 6.45) is 2.48. The van der Waals surface area contributed by atoms with E-state index in [0.29, 0.717) is 5.56 Å². The molecular formula is C20H20N4O. The fraction of sp³-hybridized carbons (Fsp3) is 0.250. The highest BCUT2D eigenvalue weighted by Gasteiger charge is 2.24. The minimum atomic E-state index is -0.0215. The second-order valence-corrected chi connectivity index (χ2v) is 6.38. The van der Waals surface area contributed by atoms with Gasteiger partial charge in [-0.25, -0.2) is 0 Å². The molecule has 0 fully saturated rings. The van der Waals surface area contributed by atoms with E-state index in [1.165, 1.54) is 5.56 Å². The first-order chi connectivity index (χ1) is 12.3. The van der Waals surface area contributed by atoms with Crippen molar-refractivity contribution in [2.75, 3.05) is 0 Å². The van der Waals surface area contributed by atoms with Crippen LogP contribution in [0.5, 0.6) is 0 Å². The Morgan fingerprint density at radius 3 is 2.52 bits per heavy atom. The van der Waals surface area contributed by atoms with Crippen molar-refractivity contribution in [1.82, 2.24) is 20.1 Å². The third-order valence-electron chi connectivity index (χ3n) is 4.60. The third kappa shape index (κ3) is 3.45. The second kappa shape index (κ2) is 6.89. The Balaban J connectivity index is 1.47. The third-order valence-corrected chi connectivity index (χ3v) is 4.60. The number of rotatable bonds is 4. The number of hydrogen-bond donors (Lipinski definition) is 1. The van der Waals surface area contributed by atoms with Crippen LogP contribution < -0.4 is 5.32 Å². The summed E-state index contributed by atoms with van der Waals surface area (Å²) in [6, 6.07) is 19.7. The average molecular weight is 332 g/mol. The molecule has 0 radical (unpaired) electrons. The van der Waals surface area contributed by atoms with Crippen molar-refractivity contribution in [1.29, 1.82) is 0 Å². The molecule has 5 heteroatoms. The Bertz CT molecular complexity index is 858. The fourth-order valence-electron chi connectivity index (χ4n) is 3.27. The van der Waals surface area contributed by atoms with Crippen LogP contribution in [0, 0.1) is 0 Å². The Hall–Kier alpha value is -2.95. The van der Waals surface area contributed by atoms with Gasteiger partial charge in [0.25, 0.3) is 5.91 Å². The molecular weight excluding hydrogens is 312 g/mol. The van der Waals surface area contributed by atoms with Crippen LogP contribution in [0.3, 0.4) is 0 Å². The molecule has 2 aromatic carbocycles. The van der Waals surface area contributed by atoms with Crippen LogP contribution in [0.4, 0.5) is 0 Å². The lowest BCUT2D eigenvalue weighted by atomic mass is 10.1. The number of fused-ring (bicyclic) bond motifs is 1. The highest BCUT2D eigenvalue weighted by Crippen LogP contribution is 2.18. The van der Waals surface area contributed by atoms with E-state index in [1.807, 2.05) is 48.5 Å². The maximum atomic E-state index is 12.4. The summed E-state index contributed by atoms with van der Waals surface area (Å²) in [4.78, 5) is 12.4. The number of benzene rings is 2. The zero-order valence-electron chi connectivity index (χ0n) is 13.9. The number of nitrogens with one attached hydrogen (secondary N) is 1. The topological polar surface area (TPSA) is 59.8 Å². The molecule has 1 aliphatic heterocycles. The molecule has 0 spiro atoms. The summed E-state index contributed by atoms with van der Waals surface area (Å²) < 4.78 is 2.16. The van der Waals surface area contributed by atoms with Gasteiger partial charge in [0.2, 0.25) is 0 Å². The maximum absolute atomic E-state index is 12.4. The Kier molecular flexibility index (Phi) is 4.29. The normalized spacial score (nSPS) is 16.2. The molecule has 1 aliphatic rings. The van der Waals surface area contributed by atoms with Crippen LogP contribution in [0.1, 0.15) is 34.0 Å². The molecule has 1 N–H and O–H groups in total. The van der Waals surface area contributed by atoms with Gasteiger partial charge in [-0.3, -0.25) is 4.79 Å². The highest BCUT2D eigenvalue weighted by atomic mass is 16.1. The van der Waals surface area contributed by atoms with Crippen LogP contribution in [0.25, 0.3) is 0 Å². The summed E-state index contributed by atoms with van der Waals surface area (Å²) in [6.45, 7) is 0.725. The Labute approximate surface area is 146 Å². The minimum absolute atomic E-state index is 0.0215. The molecule has 0 aliphatic carbocycles. The van der Waals surface area contributed by atoms with E-state index in [-0.39, 0.29) is 11.9 Å². The van der Waals surface area contributed by atoms with Gasteiger partial charge in [0.1, 0.15) is 11.6 Å². The molecule has 5 nitrogen and oxygen atoms in total. The Morgan fingerprint density at radius 2 is 1.76 bits per heavy atom. The standard InChI is InChI=1S/C20H20N4O/c25-20(16-9-5-2-6-10-16)21-17-11-12-18-22-23-19(24(18)14-17)13-15-7-3-1-4-8-15/h1-10,17H,11-14H2,(H,21,25)/t17-/m0/s1. The summed E-state index contributed by atoms with van der Waals surface area (Å²) in [5, 5.41) is 11.8. The molecule has 1 amide bonds. The lowest BCUT2D eigenvalue weighted by molar-refractivity contribution is 0.0927. The first-order valence-corrected chi connectivity index (χ1v) is 8.60. The van der Waals surface area contributed by atoms with E-state index >= 15 is 0 Å². The van der Waals surface area contributed by atoms with Gasteiger partial charge < -0.3 is 9.88 Å². The first-order valence-electron chi connectivity index (χ1n) is 8.60. The smallest absolute Gasteiger partial charge is 0.251 e. The SMILES string of the molecule is O=C(N[C@H]1CCc2nnc(Cc3ccccc3)n2C1)c1ccccc1. The van der Waals surface area contributed by atoms with Crippen LogP contribution in [0.15, 0.2) is 60.7 Å². The summed E-state index contributed by atoms with van der Waals surface area (Å²) in [5.41, 5.74) is 1.91. The van der Waals surface area contributed by atoms with Gasteiger partial charge in [-0.2, -0.15) is 0 Å². The molecule has 2 heterocycles. The fourth-order valence-corrected chi connectivity index (χ4v) is 3.27. The Morgan fingerprint density at radius 1 is 1.04 bits per heavy atom. The predicted molar refractivity (Wildman–Crippen MR) is 95.3 cm³/mol. The largest absolute Gasteiger partial charge is 0.347 e. The van der Waals surface area contributed by atoms with Crippen LogP contribution in [-0.2, 0) is 19.4 Å². The van der Waals surface area contributed by atoms with E-state index in [1.54, 1.807) is 0 Å². The van der Waals surface area contributed by atoms with Gasteiger partial charge >= 0.3 is 0 Å². The first kappa shape index (κ1) is 15.6. The summed E-state index contributed by atoms with van der Waals surface area (Å²) in [7, 11) is 0. The average Bonchev–Trinajstić information content (AvgIpc) is 3.05. The summed E-state index contributed by atoms with van der Waals surface area (Å²) >= 11 is 0. The molecule has 25 heavy (non-hydrogen) atoms. The predicted octanol–water partition coefficient (Wildman–Crippen LogP) is 2.61. The van der Waals surface area contributed by atoms with Crippen LogP contribution >= 0.6 is 0 Å². The van der Waals surface area contributed by atoms with Crippen molar-refractivity contribution >= 4 is 5.91 Å². The number of amides is 1. The zero-order chi connectivity index (χ0) is 17.1. The quantitative estimate of drug-likeness (QED) is 0.799. The van der Waals surface area contributed by atoms with Gasteiger partial charge in [0.05, 0.1) is 0 Å². The van der Waals surface area contributed by atoms with Gasteiger partial charge in [-0.05, 0) is 24.1 Å². The van der Waals surface area contributed by atoms with E-state index < -0.39 is 0 Å². The lowest BCUT2D eigenvalue weighted by Crippen LogP contribution is -2.41. The maximum Gasteiger partial charge on any atom is 0.251 e. The number of hydrogen-bond acceptors (Lipinski definition) is 3. The number of nitrogens with zero attached hydrogens (tertiary/aromatic N) is 3. The van der Waals surface area contributed by atoms with E-state index in [9.17, 15) is 4.79 Å². The monoisotopic (exact) mass is 332 g/mol. The van der Waals surface area contributed by atoms with Gasteiger partial charge in [0, 0.05) is 31.0 Å². The van der Waals surface area contributed by atoms with Crippen molar-refractivity contribution in [3.05, 3.63) is 83.4 Å². The van der Waals surface area contributed by atoms with Gasteiger partial charge in [-0.15, -0.1) is 10.2 Å². The molecule has 1 atom stereocenters.